The van der Waals surface area contributed by atoms with Crippen LogP contribution in [0.3, 0.4) is 0 Å². The predicted molar refractivity (Wildman–Crippen MR) is 146 cm³/mol. The van der Waals surface area contributed by atoms with Crippen molar-refractivity contribution in [1.29, 1.82) is 0 Å². The van der Waals surface area contributed by atoms with Crippen LogP contribution < -0.4 is 15.3 Å². The van der Waals surface area contributed by atoms with E-state index in [2.05, 4.69) is 15.2 Å². The summed E-state index contributed by atoms with van der Waals surface area (Å²) in [5.41, 5.74) is 1.74. The maximum Gasteiger partial charge on any atom is 0.459 e. The first-order chi connectivity index (χ1) is 20.5. The summed E-state index contributed by atoms with van der Waals surface area (Å²) < 4.78 is 91.0. The third-order valence-corrected chi connectivity index (χ3v) is 8.68. The second kappa shape index (κ2) is 12.6. The van der Waals surface area contributed by atoms with Gasteiger partial charge in [0.25, 0.3) is 0 Å². The van der Waals surface area contributed by atoms with Crippen molar-refractivity contribution >= 4 is 25.1 Å². The summed E-state index contributed by atoms with van der Waals surface area (Å²) in [6, 6.07) is 8.94. The Morgan fingerprint density at radius 1 is 1.23 bits per heavy atom. The molecule has 3 heterocycles. The SMILES string of the molecule is C[C@H](N[P@@](=O)(OC[C@@]1(CF)O[C@@H](c2ccc3c(N)ncnn23)[C@H](O)[C@@H]1O)Oc1ccccc1)C(=O)OCC(C)(C)C(F)(F)F. The van der Waals surface area contributed by atoms with Gasteiger partial charge >= 0.3 is 19.9 Å². The van der Waals surface area contributed by atoms with Crippen molar-refractivity contribution in [2.24, 2.45) is 5.41 Å². The molecule has 0 bridgehead atoms. The van der Waals surface area contributed by atoms with Gasteiger partial charge in [0.05, 0.1) is 17.7 Å². The third-order valence-electron chi connectivity index (χ3n) is 7.06. The number of hydrogen-bond donors (Lipinski definition) is 4. The molecule has 1 aliphatic heterocycles. The smallest absolute Gasteiger partial charge is 0.459 e. The predicted octanol–water partition coefficient (Wildman–Crippen LogP) is 3.13. The molecule has 1 saturated heterocycles. The number of fused-ring (bicyclic) bond motifs is 1. The number of rotatable bonds is 12. The molecule has 0 unspecified atom stereocenters. The highest BCUT2D eigenvalue weighted by atomic mass is 31.2. The summed E-state index contributed by atoms with van der Waals surface area (Å²) in [6.07, 6.45) is -8.50. The Hall–Kier alpha value is -3.34. The third kappa shape index (κ3) is 6.82. The fourth-order valence-electron chi connectivity index (χ4n) is 4.21. The number of anilines is 1. The van der Waals surface area contributed by atoms with Crippen LogP contribution in [0.5, 0.6) is 5.75 Å². The number of alkyl halides is 4. The maximum absolute atomic E-state index is 14.6. The van der Waals surface area contributed by atoms with Crippen molar-refractivity contribution in [3.8, 4) is 5.75 Å². The molecule has 6 atom stereocenters. The van der Waals surface area contributed by atoms with Crippen LogP contribution in [-0.4, -0.2) is 80.7 Å². The topological polar surface area (TPSA) is 180 Å². The summed E-state index contributed by atoms with van der Waals surface area (Å²) in [5.74, 6) is -1.12. The Bertz CT molecular complexity index is 1510. The number of nitrogens with one attached hydrogen (secondary N) is 1. The van der Waals surface area contributed by atoms with Gasteiger partial charge in [-0.05, 0) is 45.0 Å². The molecule has 1 aromatic carbocycles. The lowest BCUT2D eigenvalue weighted by Gasteiger charge is -2.31. The molecule has 5 N–H and O–H groups in total. The highest BCUT2D eigenvalue weighted by Crippen LogP contribution is 2.49. The number of aromatic nitrogens is 3. The van der Waals surface area contributed by atoms with Gasteiger partial charge in [-0.15, -0.1) is 0 Å². The number of esters is 1. The van der Waals surface area contributed by atoms with Crippen LogP contribution in [0.4, 0.5) is 23.4 Å². The quantitative estimate of drug-likeness (QED) is 0.128. The number of nitrogen functional groups attached to an aromatic ring is 1. The van der Waals surface area contributed by atoms with Crippen LogP contribution in [0.15, 0.2) is 48.8 Å². The van der Waals surface area contributed by atoms with Crippen molar-refractivity contribution in [2.45, 2.75) is 56.9 Å². The van der Waals surface area contributed by atoms with Gasteiger partial charge in [-0.25, -0.2) is 18.5 Å². The average Bonchev–Trinajstić information content (AvgIpc) is 3.50. The minimum absolute atomic E-state index is 0.0147. The van der Waals surface area contributed by atoms with Gasteiger partial charge in [-0.2, -0.15) is 23.4 Å². The molecule has 0 saturated carbocycles. The molecule has 2 aromatic heterocycles. The van der Waals surface area contributed by atoms with Crippen LogP contribution in [0.2, 0.25) is 0 Å². The first kappa shape index (κ1) is 33.6. The summed E-state index contributed by atoms with van der Waals surface area (Å²) in [7, 11) is -4.68. The Kier molecular flexibility index (Phi) is 9.59. The summed E-state index contributed by atoms with van der Waals surface area (Å²) in [5, 5.41) is 28.1. The maximum atomic E-state index is 14.6. The van der Waals surface area contributed by atoms with Gasteiger partial charge in [-0.1, -0.05) is 18.2 Å². The van der Waals surface area contributed by atoms with E-state index in [0.29, 0.717) is 5.52 Å². The van der Waals surface area contributed by atoms with E-state index in [4.69, 9.17) is 24.3 Å². The zero-order valence-electron chi connectivity index (χ0n) is 23.8. The molecule has 0 aliphatic carbocycles. The summed E-state index contributed by atoms with van der Waals surface area (Å²) in [4.78, 5) is 16.4. The molecule has 13 nitrogen and oxygen atoms in total. The molecule has 0 amide bonds. The number of ether oxygens (including phenoxy) is 2. The van der Waals surface area contributed by atoms with Crippen molar-refractivity contribution < 1.29 is 55.7 Å². The largest absolute Gasteiger partial charge is 0.464 e. The Balaban J connectivity index is 1.54. The fourth-order valence-corrected chi connectivity index (χ4v) is 5.76. The van der Waals surface area contributed by atoms with Gasteiger partial charge < -0.3 is 29.9 Å². The molecule has 0 radical (unpaired) electrons. The van der Waals surface area contributed by atoms with Crippen molar-refractivity contribution in [2.75, 3.05) is 25.6 Å². The number of nitrogens with zero attached hydrogens (tertiary/aromatic N) is 3. The zero-order chi connectivity index (χ0) is 32.5. The van der Waals surface area contributed by atoms with Crippen LogP contribution in [0.25, 0.3) is 5.52 Å². The highest BCUT2D eigenvalue weighted by molar-refractivity contribution is 7.52. The van der Waals surface area contributed by atoms with Gasteiger partial charge in [0, 0.05) is 0 Å². The van der Waals surface area contributed by atoms with E-state index >= 15 is 0 Å². The zero-order valence-corrected chi connectivity index (χ0v) is 24.7. The number of aliphatic hydroxyl groups is 2. The Morgan fingerprint density at radius 2 is 1.91 bits per heavy atom. The molecular formula is C26H32F4N5O8P. The molecule has 242 valence electrons. The van der Waals surface area contributed by atoms with Crippen LogP contribution >= 0.6 is 7.75 Å². The molecule has 1 fully saturated rings. The summed E-state index contributed by atoms with van der Waals surface area (Å²) >= 11 is 0. The van der Waals surface area contributed by atoms with Crippen molar-refractivity contribution in [3.63, 3.8) is 0 Å². The minimum Gasteiger partial charge on any atom is -0.464 e. The van der Waals surface area contributed by atoms with E-state index in [0.717, 1.165) is 27.1 Å². The van der Waals surface area contributed by atoms with Gasteiger partial charge in [0.2, 0.25) is 0 Å². The van der Waals surface area contributed by atoms with E-state index < -0.39 is 75.2 Å². The molecule has 1 aliphatic rings. The second-order valence-corrected chi connectivity index (χ2v) is 12.6. The second-order valence-electron chi connectivity index (χ2n) is 10.9. The van der Waals surface area contributed by atoms with Crippen molar-refractivity contribution in [1.82, 2.24) is 19.7 Å². The molecule has 18 heteroatoms. The molecule has 0 spiro atoms. The number of carbonyl (C=O) groups excluding carboxylic acids is 1. The lowest BCUT2D eigenvalue weighted by molar-refractivity contribution is -0.226. The Labute approximate surface area is 248 Å². The number of benzene rings is 1. The summed E-state index contributed by atoms with van der Waals surface area (Å²) in [6.45, 7) is -0.606. The van der Waals surface area contributed by atoms with E-state index in [1.807, 2.05) is 0 Å². The molecule has 4 rings (SSSR count). The number of hydrogen-bond acceptors (Lipinski definition) is 11. The van der Waals surface area contributed by atoms with Crippen LogP contribution in [0.1, 0.15) is 32.6 Å². The van der Waals surface area contributed by atoms with Gasteiger partial charge in [-0.3, -0.25) is 9.32 Å². The van der Waals surface area contributed by atoms with Crippen LogP contribution in [0, 0.1) is 5.41 Å². The van der Waals surface area contributed by atoms with Gasteiger partial charge in [0.1, 0.15) is 60.8 Å². The average molecular weight is 650 g/mol. The normalized spacial score (nSPS) is 24.6. The van der Waals surface area contributed by atoms with Crippen LogP contribution in [-0.2, 0) is 23.4 Å². The number of halogens is 4. The number of carbonyl (C=O) groups is 1. The fraction of sp³-hybridized carbons (Fsp3) is 0.500. The molecule has 3 aromatic rings. The minimum atomic E-state index is -4.68. The lowest BCUT2D eigenvalue weighted by atomic mass is 9.94. The van der Waals surface area contributed by atoms with Gasteiger partial charge in [0.15, 0.2) is 5.82 Å². The van der Waals surface area contributed by atoms with E-state index in [9.17, 15) is 37.1 Å². The number of aliphatic hydroxyl groups excluding tert-OH is 2. The highest BCUT2D eigenvalue weighted by Gasteiger charge is 2.57. The molecule has 44 heavy (non-hydrogen) atoms. The first-order valence-electron chi connectivity index (χ1n) is 13.2. The monoisotopic (exact) mass is 649 g/mol. The van der Waals surface area contributed by atoms with E-state index in [-0.39, 0.29) is 17.3 Å². The number of nitrogens with two attached hydrogens (primary N) is 1. The Morgan fingerprint density at radius 3 is 2.55 bits per heavy atom. The molecular weight excluding hydrogens is 617 g/mol. The van der Waals surface area contributed by atoms with Crippen molar-refractivity contribution in [3.05, 3.63) is 54.5 Å². The lowest BCUT2D eigenvalue weighted by Crippen LogP contribution is -2.49. The van der Waals surface area contributed by atoms with E-state index in [1.54, 1.807) is 6.07 Å². The number of para-hydroxylation sites is 1. The standard InChI is InChI=1S/C26H32F4N5O8P/c1-15(23(38)40-12-24(2,3)26(28,29)30)34-44(39,43-16-7-5-4-6-8-16)41-13-25(11-27)21(37)19(36)20(42-25)17-9-10-18-22(31)32-14-33-35(17)18/h4-10,14-15,19-21,36-37H,11-13H2,1-3H3,(H,34,39)(H2,31,32,33)/t15-,19-,20-,21-,25+,44+/m0/s1. The van der Waals surface area contributed by atoms with E-state index in [1.165, 1.54) is 40.9 Å². The first-order valence-corrected chi connectivity index (χ1v) is 14.8.